The summed E-state index contributed by atoms with van der Waals surface area (Å²) in [5, 5.41) is 2.39. The van der Waals surface area contributed by atoms with Gasteiger partial charge in [-0.3, -0.25) is 4.79 Å². The number of alkyl halides is 3. The zero-order chi connectivity index (χ0) is 19.6. The molecular weight excluding hydrogens is 363 g/mol. The van der Waals surface area contributed by atoms with E-state index < -0.39 is 17.6 Å². The molecule has 0 saturated heterocycles. The molecule has 3 N–H and O–H groups in total. The summed E-state index contributed by atoms with van der Waals surface area (Å²) < 4.78 is 44.2. The molecule has 0 saturated carbocycles. The van der Waals surface area contributed by atoms with Gasteiger partial charge in [-0.15, -0.1) is 0 Å². The Bertz CT molecular complexity index is 971. The van der Waals surface area contributed by atoms with Gasteiger partial charge >= 0.3 is 6.18 Å². The Kier molecular flexibility index (Phi) is 4.80. The Labute approximate surface area is 151 Å². The first-order valence-electron chi connectivity index (χ1n) is 7.73. The van der Waals surface area contributed by atoms with Crippen molar-refractivity contribution in [2.45, 2.75) is 19.6 Å². The molecule has 0 spiro atoms. The van der Waals surface area contributed by atoms with Crippen LogP contribution < -0.4 is 11.1 Å². The number of aromatic nitrogens is 3. The van der Waals surface area contributed by atoms with Crippen LogP contribution in [0.1, 0.15) is 27.3 Å². The number of nitrogens with two attached hydrogens (primary N) is 1. The van der Waals surface area contributed by atoms with Crippen LogP contribution in [0.4, 0.5) is 19.0 Å². The number of halogens is 3. The Morgan fingerprint density at radius 3 is 2.67 bits per heavy atom. The van der Waals surface area contributed by atoms with E-state index in [0.29, 0.717) is 17.1 Å². The van der Waals surface area contributed by atoms with Crippen LogP contribution in [0, 0.1) is 6.92 Å². The van der Waals surface area contributed by atoms with E-state index >= 15 is 0 Å². The number of amides is 1. The summed E-state index contributed by atoms with van der Waals surface area (Å²) in [5.41, 5.74) is 5.41. The molecule has 3 rings (SSSR count). The largest absolute Gasteiger partial charge is 0.442 e. The maximum absolute atomic E-state index is 13.0. The highest BCUT2D eigenvalue weighted by Crippen LogP contribution is 2.31. The molecule has 0 aliphatic rings. The molecule has 7 nitrogen and oxygen atoms in total. The summed E-state index contributed by atoms with van der Waals surface area (Å²) in [7, 11) is 0. The van der Waals surface area contributed by atoms with E-state index in [1.165, 1.54) is 30.8 Å². The first kappa shape index (κ1) is 18.4. The van der Waals surface area contributed by atoms with Gasteiger partial charge in [0, 0.05) is 6.54 Å². The quantitative estimate of drug-likeness (QED) is 0.724. The van der Waals surface area contributed by atoms with Gasteiger partial charge < -0.3 is 15.5 Å². The number of carbonyl (C=O) groups excluding carboxylic acids is 1. The lowest BCUT2D eigenvalue weighted by molar-refractivity contribution is -0.138. The van der Waals surface area contributed by atoms with E-state index in [1.54, 1.807) is 6.92 Å². The molecular formula is C17H14F3N5O2. The van der Waals surface area contributed by atoms with Crippen LogP contribution in [0.25, 0.3) is 11.5 Å². The summed E-state index contributed by atoms with van der Waals surface area (Å²) in [6.45, 7) is 1.26. The van der Waals surface area contributed by atoms with Crippen molar-refractivity contribution in [2.75, 3.05) is 5.73 Å². The standard InChI is InChI=1S/C17H14F3N5O2/c1-9-13(12-7-22-8-27-12)25-15(21)14(24-9)16(26)23-6-10-4-2-3-5-11(10)17(18,19)20/h2-5,7-8H,6H2,1H3,(H2,21,25)(H,23,26). The molecule has 0 aliphatic carbocycles. The van der Waals surface area contributed by atoms with Crippen molar-refractivity contribution >= 4 is 11.7 Å². The van der Waals surface area contributed by atoms with Crippen molar-refractivity contribution in [1.82, 2.24) is 20.3 Å². The molecule has 27 heavy (non-hydrogen) atoms. The number of benzene rings is 1. The fourth-order valence-electron chi connectivity index (χ4n) is 2.48. The second-order valence-corrected chi connectivity index (χ2v) is 5.59. The number of nitrogen functional groups attached to an aromatic ring is 1. The molecule has 0 unspecified atom stereocenters. The number of hydrogen-bond acceptors (Lipinski definition) is 6. The topological polar surface area (TPSA) is 107 Å². The molecule has 2 heterocycles. The second kappa shape index (κ2) is 7.06. The van der Waals surface area contributed by atoms with Crippen molar-refractivity contribution in [2.24, 2.45) is 0 Å². The molecule has 2 aromatic heterocycles. The molecule has 10 heteroatoms. The van der Waals surface area contributed by atoms with Gasteiger partial charge in [0.25, 0.3) is 5.91 Å². The van der Waals surface area contributed by atoms with Gasteiger partial charge in [-0.2, -0.15) is 13.2 Å². The van der Waals surface area contributed by atoms with Gasteiger partial charge in [-0.25, -0.2) is 15.0 Å². The number of hydrogen-bond donors (Lipinski definition) is 2. The van der Waals surface area contributed by atoms with E-state index in [0.717, 1.165) is 6.07 Å². The number of anilines is 1. The van der Waals surface area contributed by atoms with Gasteiger partial charge in [0.2, 0.25) is 0 Å². The van der Waals surface area contributed by atoms with E-state index in [9.17, 15) is 18.0 Å². The third-order valence-electron chi connectivity index (χ3n) is 3.74. The van der Waals surface area contributed by atoms with Crippen molar-refractivity contribution in [3.05, 3.63) is 59.4 Å². The zero-order valence-electron chi connectivity index (χ0n) is 14.0. The van der Waals surface area contributed by atoms with Crippen molar-refractivity contribution in [3.8, 4) is 11.5 Å². The highest BCUT2D eigenvalue weighted by Gasteiger charge is 2.33. The normalized spacial score (nSPS) is 11.4. The van der Waals surface area contributed by atoms with Crippen molar-refractivity contribution < 1.29 is 22.4 Å². The summed E-state index contributed by atoms with van der Waals surface area (Å²) in [6, 6.07) is 4.98. The summed E-state index contributed by atoms with van der Waals surface area (Å²) in [4.78, 5) is 24.3. The minimum atomic E-state index is -4.52. The van der Waals surface area contributed by atoms with Gasteiger partial charge in [0.15, 0.2) is 23.7 Å². The Morgan fingerprint density at radius 1 is 1.26 bits per heavy atom. The van der Waals surface area contributed by atoms with Gasteiger partial charge in [-0.05, 0) is 18.6 Å². The molecule has 0 atom stereocenters. The SMILES string of the molecule is Cc1nc(C(=O)NCc2ccccc2C(F)(F)F)c(N)nc1-c1cnco1. The number of oxazole rings is 1. The first-order valence-corrected chi connectivity index (χ1v) is 7.73. The summed E-state index contributed by atoms with van der Waals surface area (Å²) >= 11 is 0. The third kappa shape index (κ3) is 3.89. The van der Waals surface area contributed by atoms with Crippen LogP contribution in [-0.2, 0) is 12.7 Å². The number of aryl methyl sites for hydroxylation is 1. The highest BCUT2D eigenvalue weighted by molar-refractivity contribution is 5.96. The Hall–Kier alpha value is -3.43. The lowest BCUT2D eigenvalue weighted by atomic mass is 10.1. The highest BCUT2D eigenvalue weighted by atomic mass is 19.4. The number of rotatable bonds is 4. The van der Waals surface area contributed by atoms with Gasteiger partial charge in [0.1, 0.15) is 5.69 Å². The number of nitrogens with zero attached hydrogens (tertiary/aromatic N) is 3. The fraction of sp³-hybridized carbons (Fsp3) is 0.176. The second-order valence-electron chi connectivity index (χ2n) is 5.59. The molecule has 0 bridgehead atoms. The van der Waals surface area contributed by atoms with Crippen LogP contribution >= 0.6 is 0 Å². The van der Waals surface area contributed by atoms with Gasteiger partial charge in [0.05, 0.1) is 17.5 Å². The van der Waals surface area contributed by atoms with Crippen molar-refractivity contribution in [3.63, 3.8) is 0 Å². The van der Waals surface area contributed by atoms with Crippen molar-refractivity contribution in [1.29, 1.82) is 0 Å². The molecule has 3 aromatic rings. The average Bonchev–Trinajstić information content (AvgIpc) is 3.15. The van der Waals surface area contributed by atoms with Crippen LogP contribution in [-0.4, -0.2) is 20.9 Å². The van der Waals surface area contributed by atoms with Crippen LogP contribution in [0.3, 0.4) is 0 Å². The monoisotopic (exact) mass is 377 g/mol. The first-order chi connectivity index (χ1) is 12.8. The van der Waals surface area contributed by atoms with E-state index in [-0.39, 0.29) is 23.6 Å². The third-order valence-corrected chi connectivity index (χ3v) is 3.74. The molecule has 1 aromatic carbocycles. The number of nitrogens with one attached hydrogen (secondary N) is 1. The predicted octanol–water partition coefficient (Wildman–Crippen LogP) is 2.97. The van der Waals surface area contributed by atoms with Crippen LogP contribution in [0.15, 0.2) is 41.3 Å². The lowest BCUT2D eigenvalue weighted by Gasteiger charge is -2.13. The minimum Gasteiger partial charge on any atom is -0.442 e. The summed E-state index contributed by atoms with van der Waals surface area (Å²) in [5.74, 6) is -0.574. The maximum atomic E-state index is 13.0. The zero-order valence-corrected chi connectivity index (χ0v) is 14.0. The molecule has 0 fully saturated rings. The maximum Gasteiger partial charge on any atom is 0.416 e. The lowest BCUT2D eigenvalue weighted by Crippen LogP contribution is -2.27. The summed E-state index contributed by atoms with van der Waals surface area (Å²) in [6.07, 6.45) is -1.88. The molecule has 140 valence electrons. The minimum absolute atomic E-state index is 0.0696. The van der Waals surface area contributed by atoms with Crippen LogP contribution in [0.5, 0.6) is 0 Å². The fourth-order valence-corrected chi connectivity index (χ4v) is 2.48. The average molecular weight is 377 g/mol. The number of carbonyl (C=O) groups is 1. The Morgan fingerprint density at radius 2 is 2.00 bits per heavy atom. The van der Waals surface area contributed by atoms with E-state index in [1.807, 2.05) is 0 Å². The molecule has 0 aliphatic heterocycles. The van der Waals surface area contributed by atoms with E-state index in [4.69, 9.17) is 10.2 Å². The predicted molar refractivity (Wildman–Crippen MR) is 89.3 cm³/mol. The van der Waals surface area contributed by atoms with E-state index in [2.05, 4.69) is 20.3 Å². The van der Waals surface area contributed by atoms with Gasteiger partial charge in [-0.1, -0.05) is 18.2 Å². The molecule has 0 radical (unpaired) electrons. The Balaban J connectivity index is 1.81. The smallest absolute Gasteiger partial charge is 0.416 e. The van der Waals surface area contributed by atoms with Crippen LogP contribution in [0.2, 0.25) is 0 Å². The molecule has 1 amide bonds.